The van der Waals surface area contributed by atoms with E-state index in [9.17, 15) is 4.79 Å². The molecule has 3 rings (SSSR count). The molecule has 2 aromatic rings. The van der Waals surface area contributed by atoms with Crippen molar-refractivity contribution in [1.82, 2.24) is 5.32 Å². The van der Waals surface area contributed by atoms with Crippen LogP contribution in [0.5, 0.6) is 0 Å². The van der Waals surface area contributed by atoms with E-state index in [2.05, 4.69) is 36.5 Å². The summed E-state index contributed by atoms with van der Waals surface area (Å²) in [5.41, 5.74) is 3.66. The smallest absolute Gasteiger partial charge is 0.234 e. The van der Waals surface area contributed by atoms with Crippen molar-refractivity contribution < 1.29 is 4.79 Å². The van der Waals surface area contributed by atoms with Crippen LogP contribution in [0, 0.1) is 6.92 Å². The summed E-state index contributed by atoms with van der Waals surface area (Å²) in [4.78, 5) is 13.5. The van der Waals surface area contributed by atoms with Crippen LogP contribution in [-0.4, -0.2) is 11.2 Å². The molecule has 1 atom stereocenters. The lowest BCUT2D eigenvalue weighted by Crippen LogP contribution is -2.31. The second-order valence-electron chi connectivity index (χ2n) is 5.13. The van der Waals surface area contributed by atoms with Gasteiger partial charge in [-0.1, -0.05) is 48.0 Å². The molecule has 102 valence electrons. The number of carbonyl (C=O) groups excluding carboxylic acids is 1. The molecule has 2 aromatic carbocycles. The number of carbonyl (C=O) groups is 1. The molecule has 0 fully saturated rings. The Labute approximate surface area is 123 Å². The molecule has 0 radical (unpaired) electrons. The van der Waals surface area contributed by atoms with Crippen molar-refractivity contribution in [1.29, 1.82) is 0 Å². The third-order valence-corrected chi connectivity index (χ3v) is 4.81. The molecule has 0 spiro atoms. The number of aryl methyl sites for hydroxylation is 1. The van der Waals surface area contributed by atoms with Crippen LogP contribution in [0.25, 0.3) is 0 Å². The Balaban J connectivity index is 1.59. The maximum Gasteiger partial charge on any atom is 0.234 e. The van der Waals surface area contributed by atoms with Crippen molar-refractivity contribution in [3.05, 3.63) is 65.2 Å². The second kappa shape index (κ2) is 5.71. The zero-order valence-corrected chi connectivity index (χ0v) is 12.2. The fourth-order valence-corrected chi connectivity index (χ4v) is 3.67. The zero-order chi connectivity index (χ0) is 13.9. The summed E-state index contributed by atoms with van der Waals surface area (Å²) in [5.74, 6) is 0.132. The molecular weight excluding hydrogens is 266 g/mol. The van der Waals surface area contributed by atoms with E-state index in [0.717, 1.165) is 12.0 Å². The van der Waals surface area contributed by atoms with Gasteiger partial charge in [0.05, 0.1) is 5.25 Å². The Bertz CT molecular complexity index is 613. The molecule has 0 bridgehead atoms. The molecule has 0 aliphatic carbocycles. The van der Waals surface area contributed by atoms with E-state index in [1.165, 1.54) is 16.0 Å². The van der Waals surface area contributed by atoms with Gasteiger partial charge in [0, 0.05) is 11.4 Å². The Hall–Kier alpha value is -1.74. The van der Waals surface area contributed by atoms with Gasteiger partial charge in [-0.15, -0.1) is 11.8 Å². The van der Waals surface area contributed by atoms with Crippen molar-refractivity contribution in [3.63, 3.8) is 0 Å². The van der Waals surface area contributed by atoms with E-state index in [4.69, 9.17) is 0 Å². The third kappa shape index (κ3) is 2.88. The molecule has 1 aliphatic rings. The molecule has 20 heavy (non-hydrogen) atoms. The minimum atomic E-state index is 0.0113. The number of thioether (sulfide) groups is 1. The molecule has 1 heterocycles. The van der Waals surface area contributed by atoms with E-state index >= 15 is 0 Å². The molecule has 0 saturated carbocycles. The quantitative estimate of drug-likeness (QED) is 0.936. The lowest BCUT2D eigenvalue weighted by molar-refractivity contribution is -0.120. The van der Waals surface area contributed by atoms with Gasteiger partial charge in [-0.3, -0.25) is 4.79 Å². The first kappa shape index (κ1) is 13.3. The number of fused-ring (bicyclic) bond motifs is 1. The van der Waals surface area contributed by atoms with Crippen LogP contribution < -0.4 is 5.32 Å². The highest BCUT2D eigenvalue weighted by molar-refractivity contribution is 8.01. The maximum atomic E-state index is 12.2. The van der Waals surface area contributed by atoms with E-state index in [-0.39, 0.29) is 11.2 Å². The molecule has 2 nitrogen and oxygen atoms in total. The fourth-order valence-electron chi connectivity index (χ4n) is 2.45. The molecule has 1 amide bonds. The summed E-state index contributed by atoms with van der Waals surface area (Å²) in [5, 5.41) is 3.05. The minimum absolute atomic E-state index is 0.0113. The van der Waals surface area contributed by atoms with Crippen LogP contribution in [0.15, 0.2) is 53.4 Å². The summed E-state index contributed by atoms with van der Waals surface area (Å²) in [6.07, 6.45) is 0.834. The van der Waals surface area contributed by atoms with Crippen LogP contribution in [0.4, 0.5) is 0 Å². The molecular formula is C17H17NOS. The summed E-state index contributed by atoms with van der Waals surface area (Å²) in [6, 6.07) is 16.5. The predicted octanol–water partition coefficient (Wildman–Crippen LogP) is 3.33. The fraction of sp³-hybridized carbons (Fsp3) is 0.235. The van der Waals surface area contributed by atoms with Gasteiger partial charge < -0.3 is 5.32 Å². The Morgan fingerprint density at radius 2 is 2.10 bits per heavy atom. The first-order valence-corrected chi connectivity index (χ1v) is 7.68. The first-order valence-electron chi connectivity index (χ1n) is 6.80. The highest BCUT2D eigenvalue weighted by atomic mass is 32.2. The van der Waals surface area contributed by atoms with Crippen molar-refractivity contribution in [3.8, 4) is 0 Å². The average molecular weight is 283 g/mol. The van der Waals surface area contributed by atoms with Gasteiger partial charge in [-0.05, 0) is 30.5 Å². The Morgan fingerprint density at radius 3 is 2.90 bits per heavy atom. The van der Waals surface area contributed by atoms with Gasteiger partial charge in [0.1, 0.15) is 0 Å². The van der Waals surface area contributed by atoms with Crippen LogP contribution >= 0.6 is 11.8 Å². The number of nitrogens with one attached hydrogen (secondary N) is 1. The molecule has 0 saturated heterocycles. The van der Waals surface area contributed by atoms with E-state index in [0.29, 0.717) is 6.54 Å². The van der Waals surface area contributed by atoms with E-state index < -0.39 is 0 Å². The van der Waals surface area contributed by atoms with Crippen LogP contribution in [0.3, 0.4) is 0 Å². The summed E-state index contributed by atoms with van der Waals surface area (Å²) >= 11 is 1.67. The van der Waals surface area contributed by atoms with Crippen molar-refractivity contribution >= 4 is 17.7 Å². The molecule has 3 heteroatoms. The van der Waals surface area contributed by atoms with Crippen molar-refractivity contribution in [2.75, 3.05) is 0 Å². The number of benzene rings is 2. The van der Waals surface area contributed by atoms with Crippen LogP contribution in [-0.2, 0) is 17.8 Å². The topological polar surface area (TPSA) is 29.1 Å². The first-order chi connectivity index (χ1) is 9.72. The number of rotatable bonds is 3. The molecule has 1 aliphatic heterocycles. The number of amides is 1. The van der Waals surface area contributed by atoms with Gasteiger partial charge >= 0.3 is 0 Å². The largest absolute Gasteiger partial charge is 0.351 e. The summed E-state index contributed by atoms with van der Waals surface area (Å²) in [6.45, 7) is 2.67. The van der Waals surface area contributed by atoms with Crippen LogP contribution in [0.1, 0.15) is 16.7 Å². The van der Waals surface area contributed by atoms with Gasteiger partial charge in [-0.2, -0.15) is 0 Å². The van der Waals surface area contributed by atoms with Crippen LogP contribution in [0.2, 0.25) is 0 Å². The van der Waals surface area contributed by atoms with Gasteiger partial charge in [-0.25, -0.2) is 0 Å². The SMILES string of the molecule is Cc1cccc(CNC(=O)C2Cc3ccccc3S2)c1. The highest BCUT2D eigenvalue weighted by Crippen LogP contribution is 2.36. The maximum absolute atomic E-state index is 12.2. The summed E-state index contributed by atoms with van der Waals surface area (Å²) in [7, 11) is 0. The van der Waals surface area contributed by atoms with E-state index in [1.807, 2.05) is 24.3 Å². The number of hydrogen-bond donors (Lipinski definition) is 1. The summed E-state index contributed by atoms with van der Waals surface area (Å²) < 4.78 is 0. The normalized spacial score (nSPS) is 16.8. The number of hydrogen-bond acceptors (Lipinski definition) is 2. The monoisotopic (exact) mass is 283 g/mol. The average Bonchev–Trinajstić information content (AvgIpc) is 2.89. The third-order valence-electron chi connectivity index (χ3n) is 3.49. The minimum Gasteiger partial charge on any atom is -0.351 e. The Morgan fingerprint density at radius 1 is 1.25 bits per heavy atom. The lowest BCUT2D eigenvalue weighted by Gasteiger charge is -2.10. The predicted molar refractivity (Wildman–Crippen MR) is 82.8 cm³/mol. The second-order valence-corrected chi connectivity index (χ2v) is 6.37. The molecule has 1 unspecified atom stereocenters. The van der Waals surface area contributed by atoms with Gasteiger partial charge in [0.2, 0.25) is 5.91 Å². The van der Waals surface area contributed by atoms with Gasteiger partial charge in [0.15, 0.2) is 0 Å². The van der Waals surface area contributed by atoms with Crippen molar-refractivity contribution in [2.24, 2.45) is 0 Å². The highest BCUT2D eigenvalue weighted by Gasteiger charge is 2.27. The zero-order valence-electron chi connectivity index (χ0n) is 11.4. The molecule has 1 N–H and O–H groups in total. The molecule has 0 aromatic heterocycles. The Kier molecular flexibility index (Phi) is 3.79. The standard InChI is InChI=1S/C17H17NOS/c1-12-5-4-6-13(9-12)11-18-17(19)16-10-14-7-2-3-8-15(14)20-16/h2-9,16H,10-11H2,1H3,(H,18,19). The van der Waals surface area contributed by atoms with E-state index in [1.54, 1.807) is 11.8 Å². The van der Waals surface area contributed by atoms with Gasteiger partial charge in [0.25, 0.3) is 0 Å². The van der Waals surface area contributed by atoms with Crippen molar-refractivity contribution in [2.45, 2.75) is 30.0 Å². The lowest BCUT2D eigenvalue weighted by atomic mass is 10.1.